The van der Waals surface area contributed by atoms with Crippen molar-refractivity contribution in [1.29, 1.82) is 0 Å². The first-order chi connectivity index (χ1) is 13.6. The predicted molar refractivity (Wildman–Crippen MR) is 104 cm³/mol. The highest BCUT2D eigenvalue weighted by Gasteiger charge is 2.37. The van der Waals surface area contributed by atoms with Crippen molar-refractivity contribution < 1.29 is 14.4 Å². The first-order valence-corrected chi connectivity index (χ1v) is 8.83. The molecular weight excluding hydrogens is 354 g/mol. The van der Waals surface area contributed by atoms with E-state index >= 15 is 0 Å². The summed E-state index contributed by atoms with van der Waals surface area (Å²) in [5.41, 5.74) is 3.00. The molecule has 0 atom stereocenters. The molecule has 6 heteroatoms. The van der Waals surface area contributed by atoms with Crippen molar-refractivity contribution >= 4 is 23.4 Å². The Hall–Kier alpha value is -3.80. The lowest BCUT2D eigenvalue weighted by Gasteiger charge is -2.17. The molecule has 0 unspecified atom stereocenters. The van der Waals surface area contributed by atoms with E-state index in [1.165, 1.54) is 0 Å². The first-order valence-electron chi connectivity index (χ1n) is 8.83. The quantitative estimate of drug-likeness (QED) is 0.715. The summed E-state index contributed by atoms with van der Waals surface area (Å²) >= 11 is 0. The van der Waals surface area contributed by atoms with Crippen LogP contribution in [0.2, 0.25) is 0 Å². The van der Waals surface area contributed by atoms with Gasteiger partial charge in [0.15, 0.2) is 0 Å². The van der Waals surface area contributed by atoms with Gasteiger partial charge in [0.25, 0.3) is 17.7 Å². The van der Waals surface area contributed by atoms with Crippen molar-refractivity contribution in [2.75, 3.05) is 4.90 Å². The number of hydrogen-bond acceptors (Lipinski definition) is 4. The summed E-state index contributed by atoms with van der Waals surface area (Å²) in [6, 6.07) is 17.2. The third-order valence-corrected chi connectivity index (χ3v) is 4.66. The molecule has 138 valence electrons. The SMILES string of the molecule is Cc1ccc(C(=O)NCc2ccccn2)cc1N1C(=O)c2ccccc2C1=O. The van der Waals surface area contributed by atoms with Crippen molar-refractivity contribution in [3.63, 3.8) is 0 Å². The Morgan fingerprint density at radius 2 is 1.64 bits per heavy atom. The maximum atomic E-state index is 12.7. The van der Waals surface area contributed by atoms with Gasteiger partial charge < -0.3 is 5.32 Å². The molecule has 2 heterocycles. The van der Waals surface area contributed by atoms with Crippen LogP contribution in [0.25, 0.3) is 0 Å². The summed E-state index contributed by atoms with van der Waals surface area (Å²) < 4.78 is 0. The predicted octanol–water partition coefficient (Wildman–Crippen LogP) is 3.12. The first kappa shape index (κ1) is 17.6. The zero-order valence-corrected chi connectivity index (χ0v) is 15.2. The molecule has 0 spiro atoms. The van der Waals surface area contributed by atoms with Crippen LogP contribution in [0.15, 0.2) is 66.9 Å². The molecule has 3 aromatic rings. The van der Waals surface area contributed by atoms with Gasteiger partial charge in [0.1, 0.15) is 0 Å². The standard InChI is InChI=1S/C22H17N3O3/c1-14-9-10-15(20(26)24-13-16-6-4-5-11-23-16)12-19(14)25-21(27)17-7-2-3-8-18(17)22(25)28/h2-12H,13H2,1H3,(H,24,26). The van der Waals surface area contributed by atoms with Crippen LogP contribution in [0.4, 0.5) is 5.69 Å². The summed E-state index contributed by atoms with van der Waals surface area (Å²) in [6.07, 6.45) is 1.66. The maximum Gasteiger partial charge on any atom is 0.266 e. The number of nitrogens with one attached hydrogen (secondary N) is 1. The lowest BCUT2D eigenvalue weighted by Crippen LogP contribution is -2.30. The average molecular weight is 371 g/mol. The topological polar surface area (TPSA) is 79.4 Å². The number of fused-ring (bicyclic) bond motifs is 1. The zero-order valence-electron chi connectivity index (χ0n) is 15.2. The summed E-state index contributed by atoms with van der Waals surface area (Å²) in [7, 11) is 0. The highest BCUT2D eigenvalue weighted by molar-refractivity contribution is 6.34. The normalized spacial score (nSPS) is 12.8. The molecule has 28 heavy (non-hydrogen) atoms. The van der Waals surface area contributed by atoms with Gasteiger partial charge in [0.2, 0.25) is 0 Å². The minimum absolute atomic E-state index is 0.288. The zero-order chi connectivity index (χ0) is 19.7. The summed E-state index contributed by atoms with van der Waals surface area (Å²) in [5.74, 6) is -1.06. The lowest BCUT2D eigenvalue weighted by atomic mass is 10.1. The number of hydrogen-bond donors (Lipinski definition) is 1. The molecule has 6 nitrogen and oxygen atoms in total. The molecule has 0 fully saturated rings. The van der Waals surface area contributed by atoms with E-state index in [9.17, 15) is 14.4 Å². The minimum Gasteiger partial charge on any atom is -0.346 e. The van der Waals surface area contributed by atoms with E-state index in [1.807, 2.05) is 12.1 Å². The van der Waals surface area contributed by atoms with Gasteiger partial charge in [0.05, 0.1) is 29.1 Å². The van der Waals surface area contributed by atoms with Crippen LogP contribution >= 0.6 is 0 Å². The van der Waals surface area contributed by atoms with Crippen LogP contribution < -0.4 is 10.2 Å². The number of aromatic nitrogens is 1. The van der Waals surface area contributed by atoms with Crippen molar-refractivity contribution in [3.8, 4) is 0 Å². The highest BCUT2D eigenvalue weighted by atomic mass is 16.2. The van der Waals surface area contributed by atoms with Gasteiger partial charge in [-0.15, -0.1) is 0 Å². The molecule has 4 rings (SSSR count). The number of nitrogens with zero attached hydrogens (tertiary/aromatic N) is 2. The number of amides is 3. The Morgan fingerprint density at radius 3 is 2.29 bits per heavy atom. The average Bonchev–Trinajstić information content (AvgIpc) is 2.98. The number of anilines is 1. The fraction of sp³-hybridized carbons (Fsp3) is 0.0909. The van der Waals surface area contributed by atoms with E-state index in [2.05, 4.69) is 10.3 Å². The maximum absolute atomic E-state index is 12.7. The van der Waals surface area contributed by atoms with Crippen molar-refractivity contribution in [2.45, 2.75) is 13.5 Å². The van der Waals surface area contributed by atoms with Crippen LogP contribution in [0.3, 0.4) is 0 Å². The fourth-order valence-corrected chi connectivity index (χ4v) is 3.18. The van der Waals surface area contributed by atoms with Gasteiger partial charge in [-0.3, -0.25) is 19.4 Å². The fourth-order valence-electron chi connectivity index (χ4n) is 3.18. The second kappa shape index (κ2) is 7.08. The number of aryl methyl sites for hydroxylation is 1. The van der Waals surface area contributed by atoms with Gasteiger partial charge in [0, 0.05) is 11.8 Å². The number of carbonyl (C=O) groups is 3. The van der Waals surface area contributed by atoms with Gasteiger partial charge >= 0.3 is 0 Å². The van der Waals surface area contributed by atoms with Crippen LogP contribution in [0.1, 0.15) is 42.3 Å². The molecule has 1 N–H and O–H groups in total. The third kappa shape index (κ3) is 3.05. The second-order valence-electron chi connectivity index (χ2n) is 6.50. The van der Waals surface area contributed by atoms with Gasteiger partial charge in [-0.1, -0.05) is 24.3 Å². The van der Waals surface area contributed by atoms with E-state index < -0.39 is 0 Å². The summed E-state index contributed by atoms with van der Waals surface area (Å²) in [6.45, 7) is 2.09. The lowest BCUT2D eigenvalue weighted by molar-refractivity contribution is 0.0919. The molecule has 1 aliphatic heterocycles. The Labute approximate surface area is 161 Å². The molecule has 0 radical (unpaired) electrons. The summed E-state index contributed by atoms with van der Waals surface area (Å²) in [4.78, 5) is 43.4. The minimum atomic E-state index is -0.380. The Balaban J connectivity index is 1.61. The van der Waals surface area contributed by atoms with Crippen molar-refractivity contribution in [2.24, 2.45) is 0 Å². The molecule has 0 saturated heterocycles. The molecular formula is C22H17N3O3. The highest BCUT2D eigenvalue weighted by Crippen LogP contribution is 2.31. The second-order valence-corrected chi connectivity index (χ2v) is 6.50. The molecule has 1 aliphatic rings. The molecule has 1 aromatic heterocycles. The van der Waals surface area contributed by atoms with Crippen molar-refractivity contribution in [1.82, 2.24) is 10.3 Å². The van der Waals surface area contributed by atoms with E-state index in [0.717, 1.165) is 16.2 Å². The Bertz CT molecular complexity index is 1060. The summed E-state index contributed by atoms with van der Waals surface area (Å²) in [5, 5.41) is 2.80. The monoisotopic (exact) mass is 371 g/mol. The number of carbonyl (C=O) groups excluding carboxylic acids is 3. The largest absolute Gasteiger partial charge is 0.346 e. The number of imide groups is 1. The number of pyridine rings is 1. The number of benzene rings is 2. The molecule has 0 bridgehead atoms. The molecule has 2 aromatic carbocycles. The van der Waals surface area contributed by atoms with Crippen LogP contribution in [0.5, 0.6) is 0 Å². The van der Waals surface area contributed by atoms with Crippen molar-refractivity contribution in [3.05, 3.63) is 94.8 Å². The van der Waals surface area contributed by atoms with E-state index in [4.69, 9.17) is 0 Å². The number of rotatable bonds is 4. The van der Waals surface area contributed by atoms with Gasteiger partial charge in [-0.25, -0.2) is 4.90 Å². The molecule has 0 saturated carbocycles. The van der Waals surface area contributed by atoms with Crippen LogP contribution in [-0.4, -0.2) is 22.7 Å². The Kier molecular flexibility index (Phi) is 4.45. The third-order valence-electron chi connectivity index (χ3n) is 4.66. The van der Waals surface area contributed by atoms with E-state index in [1.54, 1.807) is 61.7 Å². The van der Waals surface area contributed by atoms with Crippen LogP contribution in [-0.2, 0) is 6.54 Å². The smallest absolute Gasteiger partial charge is 0.266 e. The Morgan fingerprint density at radius 1 is 0.964 bits per heavy atom. The van der Waals surface area contributed by atoms with E-state index in [0.29, 0.717) is 22.4 Å². The van der Waals surface area contributed by atoms with Gasteiger partial charge in [-0.05, 0) is 48.9 Å². The van der Waals surface area contributed by atoms with Gasteiger partial charge in [-0.2, -0.15) is 0 Å². The molecule has 0 aliphatic carbocycles. The van der Waals surface area contributed by atoms with Crippen LogP contribution in [0, 0.1) is 6.92 Å². The molecule has 3 amide bonds. The van der Waals surface area contributed by atoms with E-state index in [-0.39, 0.29) is 24.3 Å².